The van der Waals surface area contributed by atoms with E-state index >= 15 is 4.39 Å². The van der Waals surface area contributed by atoms with Gasteiger partial charge in [0.15, 0.2) is 11.6 Å². The highest BCUT2D eigenvalue weighted by Crippen LogP contribution is 2.33. The highest BCUT2D eigenvalue weighted by Gasteiger charge is 2.30. The van der Waals surface area contributed by atoms with Crippen LogP contribution < -0.4 is 9.64 Å². The van der Waals surface area contributed by atoms with Crippen molar-refractivity contribution >= 4 is 5.69 Å². The van der Waals surface area contributed by atoms with Crippen molar-refractivity contribution in [2.24, 2.45) is 0 Å². The Kier molecular flexibility index (Phi) is 5.25. The van der Waals surface area contributed by atoms with E-state index in [2.05, 4.69) is 11.0 Å². The maximum atomic E-state index is 15.2. The normalized spacial score (nSPS) is 22.7. The second-order valence-corrected chi connectivity index (χ2v) is 7.03. The molecule has 140 valence electrons. The van der Waals surface area contributed by atoms with Crippen molar-refractivity contribution in [3.05, 3.63) is 23.5 Å². The fraction of sp³-hybridized carbons (Fsp3) is 0.632. The minimum Gasteiger partial charge on any atom is -0.486 e. The first kappa shape index (κ1) is 17.5. The van der Waals surface area contributed by atoms with Gasteiger partial charge in [-0.05, 0) is 12.1 Å². The molecule has 0 aliphatic carbocycles. The summed E-state index contributed by atoms with van der Waals surface area (Å²) in [6.07, 6.45) is 1.34. The molecular formula is C19H24FN3O3. The molecule has 0 atom stereocenters. The second kappa shape index (κ2) is 7.78. The van der Waals surface area contributed by atoms with Gasteiger partial charge in [-0.15, -0.1) is 0 Å². The number of hydrogen-bond acceptors (Lipinski definition) is 6. The number of hydrogen-bond donors (Lipinski definition) is 0. The summed E-state index contributed by atoms with van der Waals surface area (Å²) in [6.45, 7) is 6.13. The van der Waals surface area contributed by atoms with Gasteiger partial charge in [0.25, 0.3) is 0 Å². The number of halogens is 1. The van der Waals surface area contributed by atoms with Gasteiger partial charge in [-0.2, -0.15) is 5.26 Å². The Balaban J connectivity index is 1.49. The van der Waals surface area contributed by atoms with Crippen LogP contribution in [0.2, 0.25) is 0 Å². The minimum atomic E-state index is -0.420. The lowest BCUT2D eigenvalue weighted by molar-refractivity contribution is -0.0660. The van der Waals surface area contributed by atoms with E-state index in [-0.39, 0.29) is 17.4 Å². The summed E-state index contributed by atoms with van der Waals surface area (Å²) in [5, 5.41) is 9.35. The summed E-state index contributed by atoms with van der Waals surface area (Å²) < 4.78 is 31.7. The van der Waals surface area contributed by atoms with E-state index in [0.717, 1.165) is 52.2 Å². The topological polar surface area (TPSA) is 58.0 Å². The van der Waals surface area contributed by atoms with Crippen molar-refractivity contribution in [3.8, 4) is 11.8 Å². The molecule has 0 bridgehead atoms. The Morgan fingerprint density at radius 3 is 2.42 bits per heavy atom. The van der Waals surface area contributed by atoms with Crippen LogP contribution in [0.5, 0.6) is 5.75 Å². The van der Waals surface area contributed by atoms with Gasteiger partial charge in [-0.3, -0.25) is 4.90 Å². The number of rotatable bonds is 4. The van der Waals surface area contributed by atoms with Gasteiger partial charge < -0.3 is 19.1 Å². The molecule has 3 saturated heterocycles. The average Bonchev–Trinajstić information content (AvgIpc) is 2.64. The molecule has 3 fully saturated rings. The zero-order chi connectivity index (χ0) is 17.9. The summed E-state index contributed by atoms with van der Waals surface area (Å²) in [4.78, 5) is 4.45. The third-order valence-corrected chi connectivity index (χ3v) is 5.44. The average molecular weight is 361 g/mol. The molecule has 26 heavy (non-hydrogen) atoms. The molecule has 0 N–H and O–H groups in total. The van der Waals surface area contributed by atoms with Crippen LogP contribution in [0.15, 0.2) is 12.1 Å². The molecule has 3 aliphatic heterocycles. The number of anilines is 1. The lowest BCUT2D eigenvalue weighted by Crippen LogP contribution is -2.56. The van der Waals surface area contributed by atoms with Crippen molar-refractivity contribution in [1.82, 2.24) is 4.90 Å². The van der Waals surface area contributed by atoms with Crippen LogP contribution in [0.3, 0.4) is 0 Å². The Morgan fingerprint density at radius 1 is 1.08 bits per heavy atom. The number of piperazine rings is 1. The molecule has 3 aliphatic rings. The first-order chi connectivity index (χ1) is 12.8. The molecule has 0 spiro atoms. The van der Waals surface area contributed by atoms with E-state index in [1.165, 1.54) is 0 Å². The molecular weight excluding hydrogens is 337 g/mol. The predicted molar refractivity (Wildman–Crippen MR) is 94.0 cm³/mol. The van der Waals surface area contributed by atoms with Crippen molar-refractivity contribution < 1.29 is 18.6 Å². The van der Waals surface area contributed by atoms with E-state index in [1.54, 1.807) is 12.1 Å². The minimum absolute atomic E-state index is 0.0896. The molecule has 1 aromatic carbocycles. The maximum Gasteiger partial charge on any atom is 0.189 e. The van der Waals surface area contributed by atoms with E-state index in [1.807, 2.05) is 4.90 Å². The van der Waals surface area contributed by atoms with Crippen LogP contribution in [0.25, 0.3) is 0 Å². The Bertz CT molecular complexity index is 675. The van der Waals surface area contributed by atoms with Gasteiger partial charge in [0.2, 0.25) is 0 Å². The molecule has 0 aromatic heterocycles. The van der Waals surface area contributed by atoms with Crippen LogP contribution in [-0.2, 0) is 9.47 Å². The van der Waals surface area contributed by atoms with Crippen molar-refractivity contribution in [2.75, 3.05) is 57.5 Å². The van der Waals surface area contributed by atoms with Gasteiger partial charge in [-0.1, -0.05) is 0 Å². The largest absolute Gasteiger partial charge is 0.486 e. The number of nitrogens with zero attached hydrogens (tertiary/aromatic N) is 3. The standard InChI is InChI=1S/C19H24FN3O3/c20-18-17(23-7-5-22(6-8-23)15-12-25-13-15)2-1-14(11-21)19(18)26-16-3-9-24-10-4-16/h1-2,15-16H,3-10,12-13H2. The van der Waals surface area contributed by atoms with Crippen LogP contribution in [0.4, 0.5) is 10.1 Å². The van der Waals surface area contributed by atoms with Crippen LogP contribution in [-0.4, -0.2) is 69.7 Å². The van der Waals surface area contributed by atoms with Gasteiger partial charge >= 0.3 is 0 Å². The second-order valence-electron chi connectivity index (χ2n) is 7.03. The third kappa shape index (κ3) is 3.50. The lowest BCUT2D eigenvalue weighted by atomic mass is 10.1. The molecule has 3 heterocycles. The van der Waals surface area contributed by atoms with Crippen LogP contribution >= 0.6 is 0 Å². The van der Waals surface area contributed by atoms with Crippen molar-refractivity contribution in [1.29, 1.82) is 5.26 Å². The zero-order valence-electron chi connectivity index (χ0n) is 14.8. The molecule has 0 unspecified atom stereocenters. The van der Waals surface area contributed by atoms with E-state index < -0.39 is 5.82 Å². The van der Waals surface area contributed by atoms with Crippen LogP contribution in [0, 0.1) is 17.1 Å². The smallest absolute Gasteiger partial charge is 0.189 e. The molecule has 0 amide bonds. The summed E-state index contributed by atoms with van der Waals surface area (Å²) >= 11 is 0. The number of nitriles is 1. The molecule has 0 saturated carbocycles. The lowest BCUT2D eigenvalue weighted by Gasteiger charge is -2.43. The fourth-order valence-electron chi connectivity index (χ4n) is 3.72. The Labute approximate surface area is 153 Å². The summed E-state index contributed by atoms with van der Waals surface area (Å²) in [7, 11) is 0. The SMILES string of the molecule is N#Cc1ccc(N2CCN(C3COC3)CC2)c(F)c1OC1CCOCC1. The van der Waals surface area contributed by atoms with Gasteiger partial charge in [0, 0.05) is 39.0 Å². The van der Waals surface area contributed by atoms with Gasteiger partial charge in [-0.25, -0.2) is 4.39 Å². The van der Waals surface area contributed by atoms with Crippen LogP contribution in [0.1, 0.15) is 18.4 Å². The maximum absolute atomic E-state index is 15.2. The Hall–Kier alpha value is -1.88. The fourth-order valence-corrected chi connectivity index (χ4v) is 3.72. The predicted octanol–water partition coefficient (Wildman–Crippen LogP) is 1.78. The Morgan fingerprint density at radius 2 is 1.81 bits per heavy atom. The summed E-state index contributed by atoms with van der Waals surface area (Å²) in [6, 6.07) is 5.93. The number of ether oxygens (including phenoxy) is 3. The van der Waals surface area contributed by atoms with E-state index in [0.29, 0.717) is 24.9 Å². The molecule has 0 radical (unpaired) electrons. The highest BCUT2D eigenvalue weighted by molar-refractivity contribution is 5.59. The third-order valence-electron chi connectivity index (χ3n) is 5.44. The zero-order valence-corrected chi connectivity index (χ0v) is 14.8. The van der Waals surface area contributed by atoms with Gasteiger partial charge in [0.1, 0.15) is 12.2 Å². The molecule has 7 heteroatoms. The summed E-state index contributed by atoms with van der Waals surface area (Å²) in [5.74, 6) is -0.331. The highest BCUT2D eigenvalue weighted by atomic mass is 19.1. The summed E-state index contributed by atoms with van der Waals surface area (Å²) in [5.41, 5.74) is 0.776. The van der Waals surface area contributed by atoms with Gasteiger partial charge in [0.05, 0.1) is 43.7 Å². The first-order valence-electron chi connectivity index (χ1n) is 9.30. The monoisotopic (exact) mass is 361 g/mol. The number of benzene rings is 1. The molecule has 1 aromatic rings. The van der Waals surface area contributed by atoms with Crippen molar-refractivity contribution in [3.63, 3.8) is 0 Å². The first-order valence-corrected chi connectivity index (χ1v) is 9.30. The molecule has 4 rings (SSSR count). The van der Waals surface area contributed by atoms with Crippen molar-refractivity contribution in [2.45, 2.75) is 25.0 Å². The van der Waals surface area contributed by atoms with E-state index in [9.17, 15) is 5.26 Å². The quantitative estimate of drug-likeness (QED) is 0.815. The molecule has 6 nitrogen and oxygen atoms in total. The van der Waals surface area contributed by atoms with E-state index in [4.69, 9.17) is 14.2 Å².